The summed E-state index contributed by atoms with van der Waals surface area (Å²) >= 11 is 0. The summed E-state index contributed by atoms with van der Waals surface area (Å²) in [5.74, 6) is 1.28. The van der Waals surface area contributed by atoms with E-state index in [4.69, 9.17) is 11.1 Å². The standard InChI is InChI=1S/C30H43N3O2.2ClH/c1-8-9-20-17-33(28(32)23(20)14-19-10-12-22(31)13-11-19)18-26(34)21-15-24(29(2,3)4)27(35)25(16-21)30(5,6)7;;/h10-13,15-16,20,23,32,35H,8-9,14,17-18,31H2,1-7H3;2*1H. The number of likely N-dealkylation sites (tertiary alicyclic amines) is 1. The zero-order chi connectivity index (χ0) is 26.1. The van der Waals surface area contributed by atoms with Crippen molar-refractivity contribution >= 4 is 42.1 Å². The second-order valence-corrected chi connectivity index (χ2v) is 12.2. The zero-order valence-corrected chi connectivity index (χ0v) is 25.0. The molecule has 0 aliphatic carbocycles. The van der Waals surface area contributed by atoms with E-state index in [9.17, 15) is 9.90 Å². The summed E-state index contributed by atoms with van der Waals surface area (Å²) in [5.41, 5.74) is 9.36. The van der Waals surface area contributed by atoms with Crippen molar-refractivity contribution in [1.29, 1.82) is 5.41 Å². The van der Waals surface area contributed by atoms with Gasteiger partial charge in [-0.05, 0) is 59.4 Å². The van der Waals surface area contributed by atoms with E-state index in [1.165, 1.54) is 5.56 Å². The Hall–Kier alpha value is -2.24. The molecule has 0 amide bonds. The number of nitrogens with two attached hydrogens (primary N) is 1. The lowest BCUT2D eigenvalue weighted by Gasteiger charge is -2.28. The van der Waals surface area contributed by atoms with Crippen LogP contribution in [0.5, 0.6) is 5.75 Å². The van der Waals surface area contributed by atoms with Gasteiger partial charge in [-0.1, -0.05) is 67.0 Å². The van der Waals surface area contributed by atoms with Crippen LogP contribution in [0, 0.1) is 17.2 Å². The molecular weight excluding hydrogens is 505 g/mol. The number of benzene rings is 2. The molecule has 0 saturated carbocycles. The van der Waals surface area contributed by atoms with Gasteiger partial charge in [0.15, 0.2) is 5.78 Å². The van der Waals surface area contributed by atoms with Crippen LogP contribution in [0.3, 0.4) is 0 Å². The van der Waals surface area contributed by atoms with Gasteiger partial charge in [0.1, 0.15) is 11.6 Å². The highest BCUT2D eigenvalue weighted by Gasteiger charge is 2.38. The Morgan fingerprint density at radius 1 is 1.03 bits per heavy atom. The first-order chi connectivity index (χ1) is 16.2. The van der Waals surface area contributed by atoms with Gasteiger partial charge in [0.05, 0.1) is 6.54 Å². The average Bonchev–Trinajstić information content (AvgIpc) is 3.03. The van der Waals surface area contributed by atoms with Crippen molar-refractivity contribution < 1.29 is 9.90 Å². The minimum Gasteiger partial charge on any atom is -0.507 e. The molecule has 206 valence electrons. The van der Waals surface area contributed by atoms with Gasteiger partial charge in [-0.25, -0.2) is 0 Å². The van der Waals surface area contributed by atoms with E-state index in [0.29, 0.717) is 17.3 Å². The molecule has 0 radical (unpaired) electrons. The molecule has 1 heterocycles. The number of nitrogen functional groups attached to an aromatic ring is 1. The molecule has 37 heavy (non-hydrogen) atoms. The fourth-order valence-electron chi connectivity index (χ4n) is 5.15. The fourth-order valence-corrected chi connectivity index (χ4v) is 5.15. The number of phenols is 1. The van der Waals surface area contributed by atoms with Gasteiger partial charge in [-0.15, -0.1) is 24.8 Å². The number of hydrogen-bond acceptors (Lipinski definition) is 4. The van der Waals surface area contributed by atoms with Crippen LogP contribution in [-0.4, -0.2) is 34.7 Å². The predicted octanol–water partition coefficient (Wildman–Crippen LogP) is 7.16. The van der Waals surface area contributed by atoms with Crippen LogP contribution in [0.1, 0.15) is 88.4 Å². The maximum absolute atomic E-state index is 13.5. The smallest absolute Gasteiger partial charge is 0.182 e. The molecule has 1 aliphatic rings. The first-order valence-corrected chi connectivity index (χ1v) is 12.8. The number of nitrogens with one attached hydrogen (secondary N) is 1. The number of anilines is 1. The van der Waals surface area contributed by atoms with E-state index in [1.54, 1.807) is 0 Å². The highest BCUT2D eigenvalue weighted by molar-refractivity contribution is 6.01. The number of carbonyl (C=O) groups excluding carboxylic acids is 1. The monoisotopic (exact) mass is 549 g/mol. The Bertz CT molecular complexity index is 1050. The molecule has 1 aliphatic heterocycles. The number of halogens is 2. The lowest BCUT2D eigenvalue weighted by atomic mass is 9.78. The molecule has 0 bridgehead atoms. The number of rotatable bonds is 7. The van der Waals surface area contributed by atoms with Crippen molar-refractivity contribution in [2.24, 2.45) is 11.8 Å². The van der Waals surface area contributed by atoms with Crippen molar-refractivity contribution in [3.63, 3.8) is 0 Å². The highest BCUT2D eigenvalue weighted by Crippen LogP contribution is 2.40. The molecule has 5 nitrogen and oxygen atoms in total. The minimum atomic E-state index is -0.295. The molecule has 2 atom stereocenters. The summed E-state index contributed by atoms with van der Waals surface area (Å²) in [6.45, 7) is 15.4. The second-order valence-electron chi connectivity index (χ2n) is 12.2. The van der Waals surface area contributed by atoms with E-state index in [1.807, 2.05) is 41.3 Å². The number of ketones is 1. The quantitative estimate of drug-likeness (QED) is 0.252. The molecule has 1 fully saturated rings. The molecule has 0 spiro atoms. The third-order valence-electron chi connectivity index (χ3n) is 7.19. The molecular formula is C30H45Cl2N3O2. The summed E-state index contributed by atoms with van der Waals surface area (Å²) < 4.78 is 0. The largest absolute Gasteiger partial charge is 0.507 e. The number of nitrogens with zero attached hydrogens (tertiary/aromatic N) is 1. The molecule has 2 unspecified atom stereocenters. The third kappa shape index (κ3) is 7.64. The van der Waals surface area contributed by atoms with Crippen LogP contribution < -0.4 is 5.73 Å². The van der Waals surface area contributed by atoms with Crippen LogP contribution >= 0.6 is 24.8 Å². The molecule has 1 saturated heterocycles. The SMILES string of the molecule is CCCC1CN(CC(=O)c2cc(C(C)(C)C)c(O)c(C(C)(C)C)c2)C(=N)C1Cc1ccc(N)cc1.Cl.Cl. The second kappa shape index (κ2) is 12.5. The molecule has 7 heteroatoms. The van der Waals surface area contributed by atoms with E-state index in [0.717, 1.165) is 42.6 Å². The third-order valence-corrected chi connectivity index (χ3v) is 7.19. The molecule has 3 rings (SSSR count). The minimum absolute atomic E-state index is 0. The maximum Gasteiger partial charge on any atom is 0.182 e. The maximum atomic E-state index is 13.5. The Labute approximate surface area is 235 Å². The van der Waals surface area contributed by atoms with Gasteiger partial charge >= 0.3 is 0 Å². The van der Waals surface area contributed by atoms with Gasteiger partial charge in [-0.2, -0.15) is 0 Å². The van der Waals surface area contributed by atoms with Gasteiger partial charge in [0, 0.05) is 34.8 Å². The van der Waals surface area contributed by atoms with Crippen LogP contribution in [0.4, 0.5) is 5.69 Å². The van der Waals surface area contributed by atoms with E-state index in [2.05, 4.69) is 48.5 Å². The van der Waals surface area contributed by atoms with Crippen molar-refractivity contribution in [1.82, 2.24) is 4.90 Å². The normalized spacial score (nSPS) is 17.8. The lowest BCUT2D eigenvalue weighted by molar-refractivity contribution is 0.0963. The number of carbonyl (C=O) groups is 1. The van der Waals surface area contributed by atoms with Gasteiger partial charge in [0.2, 0.25) is 0 Å². The first-order valence-electron chi connectivity index (χ1n) is 12.8. The summed E-state index contributed by atoms with van der Waals surface area (Å²) in [7, 11) is 0. The number of phenolic OH excluding ortho intramolecular Hbond substituents is 1. The van der Waals surface area contributed by atoms with Gasteiger partial charge in [0.25, 0.3) is 0 Å². The fraction of sp³-hybridized carbons (Fsp3) is 0.533. The van der Waals surface area contributed by atoms with Crippen LogP contribution in [0.2, 0.25) is 0 Å². The van der Waals surface area contributed by atoms with E-state index < -0.39 is 0 Å². The number of Topliss-reactive ketones (excluding diaryl/α,β-unsaturated/α-hetero) is 1. The van der Waals surface area contributed by atoms with Crippen molar-refractivity contribution in [2.45, 2.75) is 78.6 Å². The summed E-state index contributed by atoms with van der Waals surface area (Å²) in [6, 6.07) is 11.6. The Morgan fingerprint density at radius 3 is 2.00 bits per heavy atom. The number of hydrogen-bond donors (Lipinski definition) is 3. The summed E-state index contributed by atoms with van der Waals surface area (Å²) in [4.78, 5) is 15.5. The predicted molar refractivity (Wildman–Crippen MR) is 160 cm³/mol. The van der Waals surface area contributed by atoms with Crippen molar-refractivity contribution in [3.05, 3.63) is 58.7 Å². The summed E-state index contributed by atoms with van der Waals surface area (Å²) in [5, 5.41) is 20.0. The van der Waals surface area contributed by atoms with E-state index in [-0.39, 0.29) is 59.6 Å². The lowest BCUT2D eigenvalue weighted by Crippen LogP contribution is -2.33. The molecule has 4 N–H and O–H groups in total. The zero-order valence-electron chi connectivity index (χ0n) is 23.4. The molecule has 0 aromatic heterocycles. The Morgan fingerprint density at radius 2 is 1.54 bits per heavy atom. The Kier molecular flexibility index (Phi) is 11.1. The first kappa shape index (κ1) is 32.8. The number of aromatic hydroxyl groups is 1. The van der Waals surface area contributed by atoms with Crippen molar-refractivity contribution in [3.8, 4) is 5.75 Å². The van der Waals surface area contributed by atoms with Crippen LogP contribution in [-0.2, 0) is 17.3 Å². The van der Waals surface area contributed by atoms with Crippen LogP contribution in [0.25, 0.3) is 0 Å². The average molecular weight is 551 g/mol. The van der Waals surface area contributed by atoms with Gasteiger partial charge in [-0.3, -0.25) is 10.2 Å². The highest BCUT2D eigenvalue weighted by atomic mass is 35.5. The molecule has 2 aromatic rings. The number of amidine groups is 1. The van der Waals surface area contributed by atoms with Gasteiger partial charge < -0.3 is 15.7 Å². The molecule has 2 aromatic carbocycles. The van der Waals surface area contributed by atoms with E-state index >= 15 is 0 Å². The topological polar surface area (TPSA) is 90.4 Å². The Balaban J connectivity index is 0.00000342. The van der Waals surface area contributed by atoms with Crippen molar-refractivity contribution in [2.75, 3.05) is 18.8 Å². The van der Waals surface area contributed by atoms with Crippen LogP contribution in [0.15, 0.2) is 36.4 Å². The summed E-state index contributed by atoms with van der Waals surface area (Å²) in [6.07, 6.45) is 2.88.